The van der Waals surface area contributed by atoms with Crippen LogP contribution in [0, 0.1) is 0 Å². The highest BCUT2D eigenvalue weighted by atomic mass is 127. The number of aromatic nitrogens is 1. The number of hydrogen-bond donors (Lipinski definition) is 2. The number of nitrogens with zero attached hydrogens (tertiary/aromatic N) is 1. The Balaban J connectivity index is 0.00000121. The topological polar surface area (TPSA) is 44.3 Å². The predicted octanol–water partition coefficient (Wildman–Crippen LogP) is -2.51. The summed E-state index contributed by atoms with van der Waals surface area (Å²) >= 11 is 0. The maximum absolute atomic E-state index is 9.31. The molecule has 0 aliphatic carbocycles. The van der Waals surface area contributed by atoms with Crippen molar-refractivity contribution in [1.82, 2.24) is 0 Å². The van der Waals surface area contributed by atoms with Gasteiger partial charge in [0.05, 0.1) is 0 Å². The fourth-order valence-electron chi connectivity index (χ4n) is 1.08. The van der Waals surface area contributed by atoms with Gasteiger partial charge in [-0.3, -0.25) is 0 Å². The highest BCUT2D eigenvalue weighted by Crippen LogP contribution is 2.24. The van der Waals surface area contributed by atoms with Crippen molar-refractivity contribution in [2.24, 2.45) is 7.05 Å². The second kappa shape index (κ2) is 4.49. The van der Waals surface area contributed by atoms with E-state index in [0.717, 1.165) is 5.69 Å². The van der Waals surface area contributed by atoms with Gasteiger partial charge >= 0.3 is 0 Å². The zero-order valence-corrected chi connectivity index (χ0v) is 9.24. The molecule has 1 aromatic rings. The Kier molecular flexibility index (Phi) is 4.30. The quantitative estimate of drug-likeness (QED) is 0.441. The molecule has 0 saturated carbocycles. The molecule has 68 valence electrons. The van der Waals surface area contributed by atoms with E-state index in [0.29, 0.717) is 6.42 Å². The molecular weight excluding hydrogens is 269 g/mol. The molecule has 0 aliphatic heterocycles. The van der Waals surface area contributed by atoms with Crippen LogP contribution in [-0.2, 0) is 13.5 Å². The highest BCUT2D eigenvalue weighted by molar-refractivity contribution is 5.37. The van der Waals surface area contributed by atoms with Crippen molar-refractivity contribution in [3.8, 4) is 11.5 Å². The third-order valence-corrected chi connectivity index (χ3v) is 1.73. The smallest absolute Gasteiger partial charge is 0.226 e. The Bertz CT molecular complexity index is 276. The lowest BCUT2D eigenvalue weighted by Gasteiger charge is -2.00. The van der Waals surface area contributed by atoms with Crippen LogP contribution in [0.4, 0.5) is 0 Å². The van der Waals surface area contributed by atoms with Crippen LogP contribution in [0.3, 0.4) is 0 Å². The SMILES string of the molecule is CCc1c(O)c(O)cc[n+]1C.[I-]. The number of rotatable bonds is 1. The number of hydrogen-bond acceptors (Lipinski definition) is 2. The fourth-order valence-corrected chi connectivity index (χ4v) is 1.08. The van der Waals surface area contributed by atoms with Crippen molar-refractivity contribution in [2.45, 2.75) is 13.3 Å². The minimum Gasteiger partial charge on any atom is -1.00 e. The van der Waals surface area contributed by atoms with Gasteiger partial charge in [0.2, 0.25) is 11.4 Å². The lowest BCUT2D eigenvalue weighted by atomic mass is 10.2. The molecule has 0 saturated heterocycles. The molecule has 2 N–H and O–H groups in total. The molecule has 0 fully saturated rings. The molecule has 0 amide bonds. The Morgan fingerprint density at radius 1 is 1.42 bits per heavy atom. The number of halogens is 1. The van der Waals surface area contributed by atoms with E-state index >= 15 is 0 Å². The monoisotopic (exact) mass is 281 g/mol. The van der Waals surface area contributed by atoms with Crippen LogP contribution < -0.4 is 28.5 Å². The summed E-state index contributed by atoms with van der Waals surface area (Å²) in [6.07, 6.45) is 2.42. The predicted molar refractivity (Wildman–Crippen MR) is 40.3 cm³/mol. The summed E-state index contributed by atoms with van der Waals surface area (Å²) in [5.41, 5.74) is 0.741. The van der Waals surface area contributed by atoms with E-state index in [-0.39, 0.29) is 35.5 Å². The van der Waals surface area contributed by atoms with Gasteiger partial charge in [-0.1, -0.05) is 6.92 Å². The molecule has 1 aromatic heterocycles. The van der Waals surface area contributed by atoms with Gasteiger partial charge in [0.1, 0.15) is 7.05 Å². The van der Waals surface area contributed by atoms with E-state index in [4.69, 9.17) is 5.11 Å². The van der Waals surface area contributed by atoms with Gasteiger partial charge in [0.25, 0.3) is 0 Å². The van der Waals surface area contributed by atoms with Crippen molar-refractivity contribution in [1.29, 1.82) is 0 Å². The average molecular weight is 281 g/mol. The third-order valence-electron chi connectivity index (χ3n) is 1.73. The van der Waals surface area contributed by atoms with Gasteiger partial charge in [0, 0.05) is 12.5 Å². The van der Waals surface area contributed by atoms with Crippen LogP contribution in [0.5, 0.6) is 11.5 Å². The highest BCUT2D eigenvalue weighted by Gasteiger charge is 2.13. The number of pyridine rings is 1. The first kappa shape index (κ1) is 11.5. The summed E-state index contributed by atoms with van der Waals surface area (Å²) < 4.78 is 1.79. The van der Waals surface area contributed by atoms with Crippen LogP contribution >= 0.6 is 0 Å². The lowest BCUT2D eigenvalue weighted by Crippen LogP contribution is -3.00. The van der Waals surface area contributed by atoms with Gasteiger partial charge in [-0.25, -0.2) is 4.57 Å². The van der Waals surface area contributed by atoms with Crippen molar-refractivity contribution in [2.75, 3.05) is 0 Å². The van der Waals surface area contributed by atoms with Crippen molar-refractivity contribution < 1.29 is 38.8 Å². The standard InChI is InChI=1S/C8H11NO2.HI/c1-3-6-8(11)7(10)4-5-9(6)2;/h4-5,11H,3H2,1-2H3;1H. The first-order valence-electron chi connectivity index (χ1n) is 3.56. The molecular formula is C8H12INO2. The molecule has 0 aromatic carbocycles. The molecule has 0 atom stereocenters. The minimum atomic E-state index is -0.0556. The molecule has 0 radical (unpaired) electrons. The Morgan fingerprint density at radius 2 is 2.00 bits per heavy atom. The molecule has 0 unspecified atom stereocenters. The lowest BCUT2D eigenvalue weighted by molar-refractivity contribution is -0.679. The fraction of sp³-hybridized carbons (Fsp3) is 0.375. The molecule has 1 rings (SSSR count). The van der Waals surface area contributed by atoms with E-state index in [1.54, 1.807) is 10.8 Å². The zero-order chi connectivity index (χ0) is 8.43. The number of aromatic hydroxyl groups is 2. The van der Waals surface area contributed by atoms with Crippen LogP contribution in [-0.4, -0.2) is 10.2 Å². The third kappa shape index (κ3) is 2.00. The Hall–Kier alpha value is -0.520. The number of aryl methyl sites for hydroxylation is 1. The summed E-state index contributed by atoms with van der Waals surface area (Å²) in [4.78, 5) is 0. The van der Waals surface area contributed by atoms with Gasteiger partial charge < -0.3 is 34.2 Å². The summed E-state index contributed by atoms with van der Waals surface area (Å²) in [5.74, 6) is -0.0718. The van der Waals surface area contributed by atoms with E-state index in [1.165, 1.54) is 6.07 Å². The van der Waals surface area contributed by atoms with Crippen LogP contribution in [0.2, 0.25) is 0 Å². The Morgan fingerprint density at radius 3 is 2.42 bits per heavy atom. The maximum Gasteiger partial charge on any atom is 0.226 e. The second-order valence-corrected chi connectivity index (χ2v) is 2.46. The minimum absolute atomic E-state index is 0. The maximum atomic E-state index is 9.31. The van der Waals surface area contributed by atoms with E-state index < -0.39 is 0 Å². The van der Waals surface area contributed by atoms with Crippen LogP contribution in [0.15, 0.2) is 12.3 Å². The Labute approximate surface area is 88.7 Å². The van der Waals surface area contributed by atoms with Crippen molar-refractivity contribution in [3.63, 3.8) is 0 Å². The van der Waals surface area contributed by atoms with Crippen LogP contribution in [0.1, 0.15) is 12.6 Å². The molecule has 1 heterocycles. The molecule has 0 spiro atoms. The average Bonchev–Trinajstić information content (AvgIpc) is 1.99. The molecule has 0 aliphatic rings. The normalized spacial score (nSPS) is 9.17. The van der Waals surface area contributed by atoms with Gasteiger partial charge in [0.15, 0.2) is 11.9 Å². The second-order valence-electron chi connectivity index (χ2n) is 2.46. The first-order valence-corrected chi connectivity index (χ1v) is 3.56. The van der Waals surface area contributed by atoms with E-state index in [1.807, 2.05) is 14.0 Å². The largest absolute Gasteiger partial charge is 1.00 e. The zero-order valence-electron chi connectivity index (χ0n) is 7.08. The van der Waals surface area contributed by atoms with E-state index in [2.05, 4.69) is 0 Å². The first-order chi connectivity index (χ1) is 5.16. The van der Waals surface area contributed by atoms with Gasteiger partial charge in [-0.05, 0) is 0 Å². The van der Waals surface area contributed by atoms with E-state index in [9.17, 15) is 5.11 Å². The molecule has 0 bridgehead atoms. The summed E-state index contributed by atoms with van der Waals surface area (Å²) in [6.45, 7) is 1.93. The van der Waals surface area contributed by atoms with Crippen molar-refractivity contribution >= 4 is 0 Å². The summed E-state index contributed by atoms with van der Waals surface area (Å²) in [7, 11) is 1.83. The summed E-state index contributed by atoms with van der Waals surface area (Å²) in [5, 5.41) is 18.4. The molecule has 12 heavy (non-hydrogen) atoms. The van der Waals surface area contributed by atoms with Gasteiger partial charge in [-0.15, -0.1) is 0 Å². The van der Waals surface area contributed by atoms with Crippen molar-refractivity contribution in [3.05, 3.63) is 18.0 Å². The van der Waals surface area contributed by atoms with Gasteiger partial charge in [-0.2, -0.15) is 0 Å². The molecule has 3 nitrogen and oxygen atoms in total. The summed E-state index contributed by atoms with van der Waals surface area (Å²) in [6, 6.07) is 1.47. The van der Waals surface area contributed by atoms with Crippen LogP contribution in [0.25, 0.3) is 0 Å². The molecule has 4 heteroatoms.